The van der Waals surface area contributed by atoms with Crippen molar-refractivity contribution in [2.24, 2.45) is 0 Å². The SMILES string of the molecule is CC.CCn1nc(Cc2cccc(F)c2)c(O)c(-c2ccccc2C)c1=O.[CH3-].[Y]. The molecule has 0 aliphatic heterocycles. The third-order valence-corrected chi connectivity index (χ3v) is 4.17. The quantitative estimate of drug-likeness (QED) is 0.535. The van der Waals surface area contributed by atoms with Gasteiger partial charge in [-0.3, -0.25) is 4.79 Å². The van der Waals surface area contributed by atoms with Crippen molar-refractivity contribution in [2.75, 3.05) is 0 Å². The molecule has 0 atom stereocenters. The Labute approximate surface area is 197 Å². The predicted molar refractivity (Wildman–Crippen MR) is 113 cm³/mol. The molecule has 4 nitrogen and oxygen atoms in total. The van der Waals surface area contributed by atoms with Crippen LogP contribution in [-0.2, 0) is 45.7 Å². The summed E-state index contributed by atoms with van der Waals surface area (Å²) in [6.45, 7) is 8.09. The first-order valence-corrected chi connectivity index (χ1v) is 9.14. The van der Waals surface area contributed by atoms with Crippen LogP contribution in [0.15, 0.2) is 53.3 Å². The van der Waals surface area contributed by atoms with Crippen molar-refractivity contribution in [3.63, 3.8) is 0 Å². The van der Waals surface area contributed by atoms with Crippen LogP contribution in [-0.4, -0.2) is 14.9 Å². The van der Waals surface area contributed by atoms with Gasteiger partial charge in [-0.15, -0.1) is 0 Å². The maximum absolute atomic E-state index is 13.4. The van der Waals surface area contributed by atoms with Gasteiger partial charge in [-0.1, -0.05) is 50.2 Å². The standard InChI is InChI=1S/C20H19FN2O2.C2H6.CH3.Y/c1-3-23-20(25)18(16-10-5-4-7-13(16)2)19(24)17(22-23)12-14-8-6-9-15(21)11-14;1-2;;/h4-11,24H,3,12H2,1-2H3;1-2H3;1H3;/q;;-1;. The largest absolute Gasteiger partial charge is 0.505 e. The summed E-state index contributed by atoms with van der Waals surface area (Å²) in [5.74, 6) is -0.492. The first-order valence-electron chi connectivity index (χ1n) is 9.14. The van der Waals surface area contributed by atoms with Crippen molar-refractivity contribution in [3.8, 4) is 16.9 Å². The summed E-state index contributed by atoms with van der Waals surface area (Å²) >= 11 is 0. The summed E-state index contributed by atoms with van der Waals surface area (Å²) in [6.07, 6.45) is 0.239. The Bertz CT molecular complexity index is 987. The van der Waals surface area contributed by atoms with Gasteiger partial charge in [-0.2, -0.15) is 5.10 Å². The van der Waals surface area contributed by atoms with E-state index in [1.54, 1.807) is 18.2 Å². The smallest absolute Gasteiger partial charge is 0.278 e. The summed E-state index contributed by atoms with van der Waals surface area (Å²) in [7, 11) is 0. The van der Waals surface area contributed by atoms with Gasteiger partial charge in [0.05, 0.1) is 5.56 Å². The molecule has 0 saturated carbocycles. The van der Waals surface area contributed by atoms with Gasteiger partial charge in [0.15, 0.2) is 5.75 Å². The van der Waals surface area contributed by atoms with Crippen LogP contribution >= 0.6 is 0 Å². The fraction of sp³-hybridized carbons (Fsp3) is 0.261. The van der Waals surface area contributed by atoms with Gasteiger partial charge >= 0.3 is 0 Å². The van der Waals surface area contributed by atoms with Crippen LogP contribution in [0.1, 0.15) is 37.6 Å². The van der Waals surface area contributed by atoms with Crippen molar-refractivity contribution in [1.82, 2.24) is 9.78 Å². The predicted octanol–water partition coefficient (Wildman–Crippen LogP) is 5.15. The molecule has 0 aliphatic rings. The molecule has 0 saturated heterocycles. The second kappa shape index (κ2) is 12.7. The molecule has 1 radical (unpaired) electrons. The van der Waals surface area contributed by atoms with Crippen LogP contribution in [0.3, 0.4) is 0 Å². The Balaban J connectivity index is 0.00000190. The Morgan fingerprint density at radius 3 is 2.34 bits per heavy atom. The van der Waals surface area contributed by atoms with Crippen molar-refractivity contribution in [1.29, 1.82) is 0 Å². The maximum Gasteiger partial charge on any atom is 0.278 e. The average molecular weight is 472 g/mol. The molecule has 29 heavy (non-hydrogen) atoms. The molecular formula is C23H28FN2O2Y-. The molecule has 153 valence electrons. The van der Waals surface area contributed by atoms with Crippen LogP contribution in [0.5, 0.6) is 5.75 Å². The topological polar surface area (TPSA) is 55.1 Å². The number of aromatic hydroxyl groups is 1. The normalized spacial score (nSPS) is 9.55. The van der Waals surface area contributed by atoms with Crippen LogP contribution < -0.4 is 5.56 Å². The van der Waals surface area contributed by atoms with Gasteiger partial charge in [0.1, 0.15) is 11.5 Å². The third-order valence-electron chi connectivity index (χ3n) is 4.17. The molecule has 0 spiro atoms. The zero-order valence-electron chi connectivity index (χ0n) is 17.7. The number of benzene rings is 2. The van der Waals surface area contributed by atoms with E-state index in [4.69, 9.17) is 0 Å². The Hall–Kier alpha value is -1.85. The average Bonchev–Trinajstić information content (AvgIpc) is 2.67. The van der Waals surface area contributed by atoms with Crippen LogP contribution in [0.25, 0.3) is 11.1 Å². The number of nitrogens with zero attached hydrogens (tertiary/aromatic N) is 2. The number of halogens is 1. The van der Waals surface area contributed by atoms with E-state index in [0.29, 0.717) is 23.4 Å². The summed E-state index contributed by atoms with van der Waals surface area (Å²) < 4.78 is 14.8. The molecule has 1 N–H and O–H groups in total. The molecule has 0 unspecified atom stereocenters. The number of aromatic nitrogens is 2. The minimum absolute atomic E-state index is 0. The maximum atomic E-state index is 13.4. The first kappa shape index (κ1) is 27.2. The van der Waals surface area contributed by atoms with Gasteiger partial charge in [-0.05, 0) is 42.7 Å². The van der Waals surface area contributed by atoms with E-state index in [1.807, 2.05) is 45.9 Å². The van der Waals surface area contributed by atoms with E-state index in [2.05, 4.69) is 5.10 Å². The van der Waals surface area contributed by atoms with Gasteiger partial charge < -0.3 is 12.5 Å². The molecule has 6 heteroatoms. The fourth-order valence-corrected chi connectivity index (χ4v) is 2.88. The minimum atomic E-state index is -0.347. The third kappa shape index (κ3) is 6.32. The van der Waals surface area contributed by atoms with Gasteiger partial charge in [0.25, 0.3) is 5.56 Å². The Morgan fingerprint density at radius 2 is 1.76 bits per heavy atom. The summed E-state index contributed by atoms with van der Waals surface area (Å²) in [5, 5.41) is 15.0. The molecule has 1 heterocycles. The zero-order chi connectivity index (χ0) is 20.0. The second-order valence-electron chi connectivity index (χ2n) is 5.91. The number of hydrogen-bond donors (Lipinski definition) is 1. The van der Waals surface area contributed by atoms with E-state index in [0.717, 1.165) is 5.56 Å². The monoisotopic (exact) mass is 472 g/mol. The molecule has 2 aromatic carbocycles. The van der Waals surface area contributed by atoms with E-state index in [9.17, 15) is 14.3 Å². The second-order valence-corrected chi connectivity index (χ2v) is 5.91. The van der Waals surface area contributed by atoms with Crippen molar-refractivity contribution in [2.45, 2.75) is 40.7 Å². The molecule has 0 bridgehead atoms. The number of aryl methyl sites for hydroxylation is 2. The van der Waals surface area contributed by atoms with Crippen molar-refractivity contribution in [3.05, 3.63) is 88.9 Å². The molecule has 3 aromatic rings. The van der Waals surface area contributed by atoms with Crippen LogP contribution in [0.4, 0.5) is 4.39 Å². The van der Waals surface area contributed by atoms with Gasteiger partial charge in [-0.25, -0.2) is 9.07 Å². The number of hydrogen-bond acceptors (Lipinski definition) is 3. The molecule has 0 amide bonds. The summed E-state index contributed by atoms with van der Waals surface area (Å²) in [4.78, 5) is 12.7. The molecule has 0 fully saturated rings. The van der Waals surface area contributed by atoms with Crippen LogP contribution in [0.2, 0.25) is 0 Å². The molecule has 3 rings (SSSR count). The summed E-state index contributed by atoms with van der Waals surface area (Å²) in [6, 6.07) is 13.5. The molecule has 0 aliphatic carbocycles. The molecular weight excluding hydrogens is 444 g/mol. The van der Waals surface area contributed by atoms with E-state index in [-0.39, 0.29) is 69.2 Å². The van der Waals surface area contributed by atoms with Gasteiger partial charge in [0, 0.05) is 45.7 Å². The van der Waals surface area contributed by atoms with Crippen molar-refractivity contribution >= 4 is 0 Å². The summed E-state index contributed by atoms with van der Waals surface area (Å²) in [5.41, 5.74) is 2.50. The van der Waals surface area contributed by atoms with Gasteiger partial charge in [0.2, 0.25) is 0 Å². The zero-order valence-corrected chi connectivity index (χ0v) is 20.6. The minimum Gasteiger partial charge on any atom is -0.505 e. The first-order chi connectivity index (χ1) is 13.0. The Morgan fingerprint density at radius 1 is 1.10 bits per heavy atom. The van der Waals surface area contributed by atoms with Crippen LogP contribution in [0, 0.1) is 20.2 Å². The van der Waals surface area contributed by atoms with E-state index in [1.165, 1.54) is 16.8 Å². The number of rotatable bonds is 4. The Kier molecular flexibility index (Phi) is 11.9. The van der Waals surface area contributed by atoms with Crippen molar-refractivity contribution < 1.29 is 42.2 Å². The van der Waals surface area contributed by atoms with E-state index < -0.39 is 0 Å². The molecule has 1 aromatic heterocycles. The fourth-order valence-electron chi connectivity index (χ4n) is 2.88. The van der Waals surface area contributed by atoms with E-state index >= 15 is 0 Å².